The van der Waals surface area contributed by atoms with Crippen molar-refractivity contribution in [3.05, 3.63) is 29.8 Å². The standard InChI is InChI=1S/C14H19NS/c1-2-10-7-13(10)15-8-11-9-16-14-6-4-3-5-12(11)14/h3-6,10-11,13,15H,2,7-9H2,1H3. The predicted molar refractivity (Wildman–Crippen MR) is 70.1 cm³/mol. The molecular weight excluding hydrogens is 214 g/mol. The summed E-state index contributed by atoms with van der Waals surface area (Å²) < 4.78 is 0. The third-order valence-corrected chi connectivity index (χ3v) is 5.12. The lowest BCUT2D eigenvalue weighted by molar-refractivity contribution is 0.582. The van der Waals surface area contributed by atoms with E-state index in [4.69, 9.17) is 0 Å². The van der Waals surface area contributed by atoms with E-state index in [9.17, 15) is 0 Å². The van der Waals surface area contributed by atoms with Gasteiger partial charge in [-0.15, -0.1) is 11.8 Å². The van der Waals surface area contributed by atoms with Gasteiger partial charge < -0.3 is 5.32 Å². The predicted octanol–water partition coefficient (Wildman–Crippen LogP) is 3.26. The third kappa shape index (κ3) is 2.01. The molecule has 1 aliphatic heterocycles. The van der Waals surface area contributed by atoms with Gasteiger partial charge in [0.15, 0.2) is 0 Å². The Bertz CT molecular complexity index is 377. The second-order valence-corrected chi connectivity index (χ2v) is 6.03. The van der Waals surface area contributed by atoms with Gasteiger partial charge in [-0.1, -0.05) is 31.5 Å². The van der Waals surface area contributed by atoms with E-state index < -0.39 is 0 Å². The summed E-state index contributed by atoms with van der Waals surface area (Å²) in [6.07, 6.45) is 2.74. The molecule has 1 saturated carbocycles. The molecule has 3 atom stereocenters. The quantitative estimate of drug-likeness (QED) is 0.856. The van der Waals surface area contributed by atoms with E-state index in [1.807, 2.05) is 11.8 Å². The van der Waals surface area contributed by atoms with Gasteiger partial charge in [0, 0.05) is 29.2 Å². The van der Waals surface area contributed by atoms with Crippen LogP contribution in [0.25, 0.3) is 0 Å². The van der Waals surface area contributed by atoms with Crippen LogP contribution in [0.15, 0.2) is 29.2 Å². The molecule has 1 heterocycles. The molecule has 0 aromatic heterocycles. The maximum absolute atomic E-state index is 3.73. The Kier molecular flexibility index (Phi) is 2.95. The monoisotopic (exact) mass is 233 g/mol. The van der Waals surface area contributed by atoms with Crippen molar-refractivity contribution in [2.75, 3.05) is 12.3 Å². The molecule has 16 heavy (non-hydrogen) atoms. The largest absolute Gasteiger partial charge is 0.313 e. The zero-order valence-corrected chi connectivity index (χ0v) is 10.6. The highest BCUT2D eigenvalue weighted by atomic mass is 32.2. The fraction of sp³-hybridized carbons (Fsp3) is 0.571. The molecule has 1 aliphatic carbocycles. The first-order chi connectivity index (χ1) is 7.88. The summed E-state index contributed by atoms with van der Waals surface area (Å²) in [4.78, 5) is 1.50. The Balaban J connectivity index is 1.57. The van der Waals surface area contributed by atoms with Gasteiger partial charge in [0.1, 0.15) is 0 Å². The molecule has 1 fully saturated rings. The Morgan fingerprint density at radius 2 is 2.25 bits per heavy atom. The highest BCUT2D eigenvalue weighted by Crippen LogP contribution is 2.40. The van der Waals surface area contributed by atoms with Gasteiger partial charge in [0.05, 0.1) is 0 Å². The maximum Gasteiger partial charge on any atom is 0.0108 e. The first kappa shape index (κ1) is 10.7. The van der Waals surface area contributed by atoms with Gasteiger partial charge >= 0.3 is 0 Å². The number of rotatable bonds is 4. The minimum atomic E-state index is 0.735. The summed E-state index contributed by atoms with van der Waals surface area (Å²) in [5, 5.41) is 3.73. The summed E-state index contributed by atoms with van der Waals surface area (Å²) in [5.41, 5.74) is 1.56. The number of benzene rings is 1. The lowest BCUT2D eigenvalue weighted by Gasteiger charge is -2.11. The van der Waals surface area contributed by atoms with Crippen LogP contribution < -0.4 is 5.32 Å². The van der Waals surface area contributed by atoms with E-state index in [0.717, 1.165) is 17.9 Å². The zero-order chi connectivity index (χ0) is 11.0. The van der Waals surface area contributed by atoms with Crippen molar-refractivity contribution >= 4 is 11.8 Å². The molecule has 0 saturated heterocycles. The van der Waals surface area contributed by atoms with Gasteiger partial charge in [-0.2, -0.15) is 0 Å². The van der Waals surface area contributed by atoms with Gasteiger partial charge in [-0.3, -0.25) is 0 Å². The van der Waals surface area contributed by atoms with Crippen LogP contribution in [0.4, 0.5) is 0 Å². The average Bonchev–Trinajstić information content (AvgIpc) is 2.98. The Hall–Kier alpha value is -0.470. The molecule has 2 aliphatic rings. The van der Waals surface area contributed by atoms with Crippen molar-refractivity contribution in [3.63, 3.8) is 0 Å². The minimum absolute atomic E-state index is 0.735. The van der Waals surface area contributed by atoms with Crippen molar-refractivity contribution in [3.8, 4) is 0 Å². The number of thioether (sulfide) groups is 1. The number of nitrogens with one attached hydrogen (secondary N) is 1. The van der Waals surface area contributed by atoms with Crippen LogP contribution in [0.5, 0.6) is 0 Å². The normalized spacial score (nSPS) is 31.4. The molecule has 0 bridgehead atoms. The fourth-order valence-corrected chi connectivity index (χ4v) is 3.90. The Morgan fingerprint density at radius 1 is 1.38 bits per heavy atom. The van der Waals surface area contributed by atoms with Gasteiger partial charge in [-0.05, 0) is 24.0 Å². The summed E-state index contributed by atoms with van der Waals surface area (Å²) in [5.74, 6) is 2.96. The Labute approximate surface area is 102 Å². The Morgan fingerprint density at radius 3 is 3.06 bits per heavy atom. The summed E-state index contributed by atoms with van der Waals surface area (Å²) in [6.45, 7) is 3.47. The molecule has 0 radical (unpaired) electrons. The molecular formula is C14H19NS. The van der Waals surface area contributed by atoms with Crippen LogP contribution in [0.2, 0.25) is 0 Å². The molecule has 0 spiro atoms. The van der Waals surface area contributed by atoms with Crippen LogP contribution in [0.1, 0.15) is 31.2 Å². The van der Waals surface area contributed by atoms with Crippen molar-refractivity contribution in [1.82, 2.24) is 5.32 Å². The van der Waals surface area contributed by atoms with E-state index in [1.54, 1.807) is 5.56 Å². The van der Waals surface area contributed by atoms with Crippen molar-refractivity contribution in [2.45, 2.75) is 36.6 Å². The summed E-state index contributed by atoms with van der Waals surface area (Å²) >= 11 is 2.01. The molecule has 0 amide bonds. The number of hydrogen-bond acceptors (Lipinski definition) is 2. The lowest BCUT2D eigenvalue weighted by atomic mass is 10.0. The minimum Gasteiger partial charge on any atom is -0.313 e. The molecule has 1 N–H and O–H groups in total. The second-order valence-electron chi connectivity index (χ2n) is 4.96. The van der Waals surface area contributed by atoms with E-state index >= 15 is 0 Å². The highest BCUT2D eigenvalue weighted by Gasteiger charge is 2.35. The fourth-order valence-electron chi connectivity index (χ4n) is 2.64. The van der Waals surface area contributed by atoms with Crippen molar-refractivity contribution in [2.24, 2.45) is 5.92 Å². The first-order valence-electron chi connectivity index (χ1n) is 6.33. The summed E-state index contributed by atoms with van der Waals surface area (Å²) in [7, 11) is 0. The van der Waals surface area contributed by atoms with Gasteiger partial charge in [0.25, 0.3) is 0 Å². The van der Waals surface area contributed by atoms with Crippen LogP contribution >= 0.6 is 11.8 Å². The van der Waals surface area contributed by atoms with Crippen LogP contribution in [-0.4, -0.2) is 18.3 Å². The molecule has 86 valence electrons. The molecule has 2 heteroatoms. The average molecular weight is 233 g/mol. The maximum atomic E-state index is 3.73. The molecule has 1 nitrogen and oxygen atoms in total. The van der Waals surface area contributed by atoms with E-state index in [2.05, 4.69) is 36.5 Å². The SMILES string of the molecule is CCC1CC1NCC1CSc2ccccc21. The lowest BCUT2D eigenvalue weighted by Crippen LogP contribution is -2.24. The number of fused-ring (bicyclic) bond motifs is 1. The first-order valence-corrected chi connectivity index (χ1v) is 7.32. The van der Waals surface area contributed by atoms with E-state index in [0.29, 0.717) is 0 Å². The number of hydrogen-bond donors (Lipinski definition) is 1. The van der Waals surface area contributed by atoms with Crippen molar-refractivity contribution in [1.29, 1.82) is 0 Å². The van der Waals surface area contributed by atoms with Crippen LogP contribution in [0.3, 0.4) is 0 Å². The second kappa shape index (κ2) is 4.42. The van der Waals surface area contributed by atoms with E-state index in [-0.39, 0.29) is 0 Å². The van der Waals surface area contributed by atoms with Crippen LogP contribution in [-0.2, 0) is 0 Å². The summed E-state index contributed by atoms with van der Waals surface area (Å²) in [6, 6.07) is 9.69. The molecule has 3 rings (SSSR count). The third-order valence-electron chi connectivity index (χ3n) is 3.87. The van der Waals surface area contributed by atoms with E-state index in [1.165, 1.54) is 30.0 Å². The topological polar surface area (TPSA) is 12.0 Å². The highest BCUT2D eigenvalue weighted by molar-refractivity contribution is 7.99. The van der Waals surface area contributed by atoms with Gasteiger partial charge in [-0.25, -0.2) is 0 Å². The van der Waals surface area contributed by atoms with Crippen molar-refractivity contribution < 1.29 is 0 Å². The van der Waals surface area contributed by atoms with Gasteiger partial charge in [0.2, 0.25) is 0 Å². The zero-order valence-electron chi connectivity index (χ0n) is 9.78. The molecule has 1 aromatic rings. The van der Waals surface area contributed by atoms with Crippen LogP contribution in [0, 0.1) is 5.92 Å². The smallest absolute Gasteiger partial charge is 0.0108 e. The molecule has 3 unspecified atom stereocenters. The molecule has 1 aromatic carbocycles.